The van der Waals surface area contributed by atoms with Gasteiger partial charge in [-0.3, -0.25) is 0 Å². The molecule has 0 saturated heterocycles. The second-order valence-corrected chi connectivity index (χ2v) is 8.47. The number of amidine groups is 1. The first-order valence-corrected chi connectivity index (χ1v) is 10.7. The molecule has 5 heteroatoms. The minimum absolute atomic E-state index is 0.442. The van der Waals surface area contributed by atoms with Gasteiger partial charge < -0.3 is 11.1 Å². The molecule has 3 N–H and O–H groups in total. The van der Waals surface area contributed by atoms with Crippen molar-refractivity contribution in [2.75, 3.05) is 0 Å². The molecule has 0 spiro atoms. The molecule has 0 radical (unpaired) electrons. The molecule has 0 aliphatic heterocycles. The standard InChI is InChI=1S/C24H24ClN3S/c25-19-5-3-4-16(12-19)15-27-20-10-8-17-9-11-21(14-18(17)13-20)28-24(26)22-6-1-2-7-23(22)29/h1-6,9,11-12,14,20,27H,7-8,10,13,15H2,(H2,26,28). The van der Waals surface area contributed by atoms with Crippen molar-refractivity contribution in [3.63, 3.8) is 0 Å². The van der Waals surface area contributed by atoms with Crippen LogP contribution in [0.15, 0.2) is 71.3 Å². The summed E-state index contributed by atoms with van der Waals surface area (Å²) in [6.45, 7) is 0.824. The number of thiocarbonyl (C=S) groups is 1. The second kappa shape index (κ2) is 9.04. The largest absolute Gasteiger partial charge is 0.383 e. The Bertz CT molecular complexity index is 1020. The highest BCUT2D eigenvalue weighted by Crippen LogP contribution is 2.27. The Morgan fingerprint density at radius 2 is 2.10 bits per heavy atom. The van der Waals surface area contributed by atoms with Gasteiger partial charge in [0.2, 0.25) is 0 Å². The molecule has 0 fully saturated rings. The second-order valence-electron chi connectivity index (χ2n) is 7.54. The number of nitrogens with zero attached hydrogens (tertiary/aromatic N) is 1. The van der Waals surface area contributed by atoms with Crippen LogP contribution in [0.5, 0.6) is 0 Å². The summed E-state index contributed by atoms with van der Waals surface area (Å²) in [5.41, 5.74) is 11.9. The Hall–Kier alpha value is -2.27. The molecule has 4 rings (SSSR count). The average molecular weight is 422 g/mol. The zero-order valence-electron chi connectivity index (χ0n) is 16.2. The Kier molecular flexibility index (Phi) is 6.24. The normalized spacial score (nSPS) is 19.1. The number of rotatable bonds is 5. The molecule has 0 saturated carbocycles. The lowest BCUT2D eigenvalue weighted by molar-refractivity contribution is 0.458. The van der Waals surface area contributed by atoms with Crippen molar-refractivity contribution in [3.05, 3.63) is 88.0 Å². The molecule has 2 aliphatic rings. The zero-order chi connectivity index (χ0) is 20.2. The third kappa shape index (κ3) is 5.02. The molecule has 1 atom stereocenters. The molecule has 0 aromatic heterocycles. The summed E-state index contributed by atoms with van der Waals surface area (Å²) in [4.78, 5) is 5.48. The summed E-state index contributed by atoms with van der Waals surface area (Å²) in [6, 6.07) is 14.9. The predicted octanol–water partition coefficient (Wildman–Crippen LogP) is 5.23. The summed E-state index contributed by atoms with van der Waals surface area (Å²) in [7, 11) is 0. The number of halogens is 1. The number of fused-ring (bicyclic) bond motifs is 1. The zero-order valence-corrected chi connectivity index (χ0v) is 17.8. The number of aliphatic imine (C=N–C) groups is 1. The molecule has 0 amide bonds. The van der Waals surface area contributed by atoms with Gasteiger partial charge in [0.15, 0.2) is 0 Å². The fraction of sp³-hybridized carbons (Fsp3) is 0.250. The quantitative estimate of drug-likeness (QED) is 0.394. The molecular weight excluding hydrogens is 398 g/mol. The summed E-state index contributed by atoms with van der Waals surface area (Å²) in [5.74, 6) is 0.491. The number of allylic oxidation sites excluding steroid dienone is 3. The Morgan fingerprint density at radius 3 is 2.93 bits per heavy atom. The topological polar surface area (TPSA) is 50.4 Å². The first-order valence-electron chi connectivity index (χ1n) is 9.92. The predicted molar refractivity (Wildman–Crippen MR) is 126 cm³/mol. The number of nitrogens with one attached hydrogen (secondary N) is 1. The average Bonchev–Trinajstić information content (AvgIpc) is 2.72. The van der Waals surface area contributed by atoms with E-state index in [-0.39, 0.29) is 0 Å². The van der Waals surface area contributed by atoms with Crippen LogP contribution in [0.3, 0.4) is 0 Å². The summed E-state index contributed by atoms with van der Waals surface area (Å²) in [5, 5.41) is 4.45. The van der Waals surface area contributed by atoms with Gasteiger partial charge in [-0.25, -0.2) is 4.99 Å². The van der Waals surface area contributed by atoms with Gasteiger partial charge in [-0.15, -0.1) is 0 Å². The van der Waals surface area contributed by atoms with Crippen LogP contribution >= 0.6 is 23.8 Å². The molecule has 1 unspecified atom stereocenters. The molecule has 0 heterocycles. The third-order valence-corrected chi connectivity index (χ3v) is 6.05. The van der Waals surface area contributed by atoms with Crippen LogP contribution in [-0.4, -0.2) is 16.7 Å². The lowest BCUT2D eigenvalue weighted by Crippen LogP contribution is -2.34. The van der Waals surface area contributed by atoms with Crippen LogP contribution in [0.2, 0.25) is 5.02 Å². The summed E-state index contributed by atoms with van der Waals surface area (Å²) < 4.78 is 0. The number of hydrogen-bond donors (Lipinski definition) is 2. The van der Waals surface area contributed by atoms with Crippen LogP contribution in [0.1, 0.15) is 29.5 Å². The fourth-order valence-electron chi connectivity index (χ4n) is 3.87. The van der Waals surface area contributed by atoms with Crippen molar-refractivity contribution >= 4 is 40.2 Å². The number of benzene rings is 2. The van der Waals surface area contributed by atoms with Crippen molar-refractivity contribution in [2.45, 2.75) is 38.3 Å². The molecule has 2 aromatic rings. The van der Waals surface area contributed by atoms with E-state index in [0.29, 0.717) is 11.9 Å². The smallest absolute Gasteiger partial charge is 0.132 e. The molecular formula is C24H24ClN3S. The first kappa shape index (κ1) is 20.0. The van der Waals surface area contributed by atoms with E-state index in [4.69, 9.17) is 29.6 Å². The highest BCUT2D eigenvalue weighted by atomic mass is 35.5. The van der Waals surface area contributed by atoms with E-state index in [1.807, 2.05) is 42.5 Å². The van der Waals surface area contributed by atoms with Gasteiger partial charge in [-0.2, -0.15) is 0 Å². The maximum absolute atomic E-state index is 6.24. The minimum atomic E-state index is 0.442. The van der Waals surface area contributed by atoms with Gasteiger partial charge in [0, 0.05) is 34.5 Å². The number of nitrogens with two attached hydrogens (primary N) is 1. The Balaban J connectivity index is 1.45. The highest BCUT2D eigenvalue weighted by molar-refractivity contribution is 7.81. The molecule has 2 aliphatic carbocycles. The third-order valence-electron chi connectivity index (χ3n) is 5.43. The first-order chi connectivity index (χ1) is 14.1. The maximum Gasteiger partial charge on any atom is 0.132 e. The highest BCUT2D eigenvalue weighted by Gasteiger charge is 2.19. The fourth-order valence-corrected chi connectivity index (χ4v) is 4.35. The van der Waals surface area contributed by atoms with Crippen molar-refractivity contribution in [1.29, 1.82) is 0 Å². The van der Waals surface area contributed by atoms with Gasteiger partial charge in [0.05, 0.1) is 5.69 Å². The molecule has 29 heavy (non-hydrogen) atoms. The summed E-state index contributed by atoms with van der Waals surface area (Å²) >= 11 is 11.5. The minimum Gasteiger partial charge on any atom is -0.383 e. The van der Waals surface area contributed by atoms with Crippen LogP contribution < -0.4 is 11.1 Å². The van der Waals surface area contributed by atoms with Crippen molar-refractivity contribution < 1.29 is 0 Å². The SMILES string of the molecule is NC(=Nc1ccc2c(c1)CC(NCc1cccc(Cl)c1)CC2)C1=CC=CCC1=S. The van der Waals surface area contributed by atoms with Crippen LogP contribution in [-0.2, 0) is 19.4 Å². The number of aryl methyl sites for hydroxylation is 1. The van der Waals surface area contributed by atoms with Crippen molar-refractivity contribution in [3.8, 4) is 0 Å². The van der Waals surface area contributed by atoms with E-state index in [2.05, 4.69) is 28.5 Å². The van der Waals surface area contributed by atoms with Crippen LogP contribution in [0, 0.1) is 0 Å². The van der Waals surface area contributed by atoms with E-state index >= 15 is 0 Å². The molecule has 3 nitrogen and oxygen atoms in total. The summed E-state index contributed by atoms with van der Waals surface area (Å²) in [6.07, 6.45) is 9.91. The van der Waals surface area contributed by atoms with Gasteiger partial charge in [-0.1, -0.05) is 60.2 Å². The van der Waals surface area contributed by atoms with E-state index in [9.17, 15) is 0 Å². The molecule has 0 bridgehead atoms. The van der Waals surface area contributed by atoms with Gasteiger partial charge in [-0.05, 0) is 60.2 Å². The Labute approximate surface area is 182 Å². The molecule has 148 valence electrons. The lowest BCUT2D eigenvalue weighted by Gasteiger charge is -2.26. The molecule has 2 aromatic carbocycles. The monoisotopic (exact) mass is 421 g/mol. The van der Waals surface area contributed by atoms with Gasteiger partial charge in [0.1, 0.15) is 5.84 Å². The van der Waals surface area contributed by atoms with E-state index < -0.39 is 0 Å². The number of hydrogen-bond acceptors (Lipinski definition) is 3. The Morgan fingerprint density at radius 1 is 1.21 bits per heavy atom. The van der Waals surface area contributed by atoms with E-state index in [1.54, 1.807) is 0 Å². The van der Waals surface area contributed by atoms with Gasteiger partial charge in [0.25, 0.3) is 0 Å². The van der Waals surface area contributed by atoms with Crippen LogP contribution in [0.25, 0.3) is 0 Å². The lowest BCUT2D eigenvalue weighted by atomic mass is 9.88. The van der Waals surface area contributed by atoms with Crippen molar-refractivity contribution in [2.24, 2.45) is 10.7 Å². The van der Waals surface area contributed by atoms with Crippen molar-refractivity contribution in [1.82, 2.24) is 5.32 Å². The van der Waals surface area contributed by atoms with E-state index in [0.717, 1.165) is 53.4 Å². The van der Waals surface area contributed by atoms with Gasteiger partial charge >= 0.3 is 0 Å². The van der Waals surface area contributed by atoms with Crippen LogP contribution in [0.4, 0.5) is 5.69 Å². The van der Waals surface area contributed by atoms with E-state index in [1.165, 1.54) is 16.7 Å². The maximum atomic E-state index is 6.24.